The summed E-state index contributed by atoms with van der Waals surface area (Å²) in [6.07, 6.45) is 0. The van der Waals surface area contributed by atoms with Gasteiger partial charge in [0.1, 0.15) is 4.34 Å². The first-order valence-corrected chi connectivity index (χ1v) is 4.58. The Morgan fingerprint density at radius 2 is 2.45 bits per heavy atom. The molecule has 0 spiro atoms. The second kappa shape index (κ2) is 3.38. The smallest absolute Gasteiger partial charge is 0.168 e. The van der Waals surface area contributed by atoms with Gasteiger partial charge in [0.25, 0.3) is 0 Å². The zero-order chi connectivity index (χ0) is 8.43. The van der Waals surface area contributed by atoms with Gasteiger partial charge in [0.15, 0.2) is 5.11 Å². The van der Waals surface area contributed by atoms with Crippen molar-refractivity contribution in [3.05, 3.63) is 15.3 Å². The Morgan fingerprint density at radius 3 is 2.82 bits per heavy atom. The molecule has 1 heterocycles. The van der Waals surface area contributed by atoms with Crippen LogP contribution >= 0.6 is 35.2 Å². The minimum absolute atomic E-state index is 0.244. The van der Waals surface area contributed by atoms with Gasteiger partial charge in [-0.05, 0) is 30.1 Å². The van der Waals surface area contributed by atoms with Crippen molar-refractivity contribution >= 4 is 46.0 Å². The van der Waals surface area contributed by atoms with Crippen LogP contribution in [0, 0.1) is 6.92 Å². The van der Waals surface area contributed by atoms with Gasteiger partial charge in [0, 0.05) is 0 Å². The van der Waals surface area contributed by atoms with Gasteiger partial charge < -0.3 is 11.1 Å². The number of hydrogen-bond acceptors (Lipinski definition) is 2. The van der Waals surface area contributed by atoms with Gasteiger partial charge in [-0.1, -0.05) is 11.6 Å². The molecule has 60 valence electrons. The molecule has 0 radical (unpaired) electrons. The average Bonchev–Trinajstić information content (AvgIpc) is 2.18. The molecule has 1 aromatic rings. The topological polar surface area (TPSA) is 38.0 Å². The van der Waals surface area contributed by atoms with E-state index in [2.05, 4.69) is 17.5 Å². The number of thiocarbonyl (C=S) groups is 1. The van der Waals surface area contributed by atoms with Crippen LogP contribution in [0.2, 0.25) is 4.34 Å². The summed E-state index contributed by atoms with van der Waals surface area (Å²) >= 11 is 12.0. The SMILES string of the molecule is Cc1csc(Cl)c1NC(N)=S. The van der Waals surface area contributed by atoms with Gasteiger partial charge >= 0.3 is 0 Å². The van der Waals surface area contributed by atoms with Gasteiger partial charge in [-0.3, -0.25) is 0 Å². The Balaban J connectivity index is 2.92. The van der Waals surface area contributed by atoms with Crippen molar-refractivity contribution in [1.82, 2.24) is 0 Å². The van der Waals surface area contributed by atoms with Crippen LogP contribution in [-0.4, -0.2) is 5.11 Å². The molecule has 2 nitrogen and oxygen atoms in total. The summed E-state index contributed by atoms with van der Waals surface area (Å²) in [4.78, 5) is 0. The molecule has 0 saturated heterocycles. The van der Waals surface area contributed by atoms with Crippen molar-refractivity contribution < 1.29 is 0 Å². The van der Waals surface area contributed by atoms with Crippen LogP contribution in [0.3, 0.4) is 0 Å². The number of anilines is 1. The first-order chi connectivity index (χ1) is 5.11. The minimum atomic E-state index is 0.244. The van der Waals surface area contributed by atoms with Crippen LogP contribution in [0.4, 0.5) is 5.69 Å². The Hall–Kier alpha value is -0.320. The predicted octanol–water partition coefficient (Wildman–Crippen LogP) is 2.37. The summed E-state index contributed by atoms with van der Waals surface area (Å²) < 4.78 is 0.690. The molecule has 0 fully saturated rings. The van der Waals surface area contributed by atoms with Crippen molar-refractivity contribution in [3.8, 4) is 0 Å². The van der Waals surface area contributed by atoms with E-state index in [4.69, 9.17) is 17.3 Å². The Labute approximate surface area is 79.4 Å². The van der Waals surface area contributed by atoms with Crippen LogP contribution in [0.1, 0.15) is 5.56 Å². The van der Waals surface area contributed by atoms with E-state index in [9.17, 15) is 0 Å². The zero-order valence-electron chi connectivity index (χ0n) is 5.85. The molecule has 0 unspecified atom stereocenters. The van der Waals surface area contributed by atoms with Crippen LogP contribution < -0.4 is 11.1 Å². The number of nitrogens with one attached hydrogen (secondary N) is 1. The zero-order valence-corrected chi connectivity index (χ0v) is 8.24. The van der Waals surface area contributed by atoms with Crippen LogP contribution in [0.5, 0.6) is 0 Å². The predicted molar refractivity (Wildman–Crippen MR) is 54.5 cm³/mol. The molecule has 0 aliphatic carbocycles. The van der Waals surface area contributed by atoms with Crippen molar-refractivity contribution in [2.24, 2.45) is 5.73 Å². The molecule has 5 heteroatoms. The highest BCUT2D eigenvalue weighted by molar-refractivity contribution is 7.80. The van der Waals surface area contributed by atoms with Gasteiger partial charge in [-0.15, -0.1) is 11.3 Å². The van der Waals surface area contributed by atoms with Gasteiger partial charge in [-0.2, -0.15) is 0 Å². The van der Waals surface area contributed by atoms with Crippen LogP contribution in [0.25, 0.3) is 0 Å². The molecule has 3 N–H and O–H groups in total. The largest absolute Gasteiger partial charge is 0.376 e. The fourth-order valence-electron chi connectivity index (χ4n) is 0.684. The Bertz CT molecular complexity index is 263. The molecule has 0 amide bonds. The number of thiophene rings is 1. The molecule has 0 atom stereocenters. The number of halogens is 1. The summed E-state index contributed by atoms with van der Waals surface area (Å²) in [7, 11) is 0. The number of rotatable bonds is 1. The van der Waals surface area contributed by atoms with E-state index in [-0.39, 0.29) is 5.11 Å². The van der Waals surface area contributed by atoms with Crippen molar-refractivity contribution in [1.29, 1.82) is 0 Å². The first-order valence-electron chi connectivity index (χ1n) is 2.91. The lowest BCUT2D eigenvalue weighted by Crippen LogP contribution is -2.19. The maximum absolute atomic E-state index is 5.83. The van der Waals surface area contributed by atoms with Crippen molar-refractivity contribution in [3.63, 3.8) is 0 Å². The molecule has 0 aliphatic heterocycles. The van der Waals surface area contributed by atoms with E-state index in [1.807, 2.05) is 12.3 Å². The Kier molecular flexibility index (Phi) is 2.70. The average molecular weight is 207 g/mol. The fourth-order valence-corrected chi connectivity index (χ4v) is 1.84. The monoisotopic (exact) mass is 206 g/mol. The lowest BCUT2D eigenvalue weighted by Gasteiger charge is -2.02. The standard InChI is InChI=1S/C6H7ClN2S2/c1-3-2-11-5(7)4(3)9-6(8)10/h2H,1H3,(H3,8,9,10). The molecule has 1 aromatic heterocycles. The Morgan fingerprint density at radius 1 is 1.82 bits per heavy atom. The minimum Gasteiger partial charge on any atom is -0.376 e. The van der Waals surface area contributed by atoms with Gasteiger partial charge in [0.05, 0.1) is 5.69 Å². The van der Waals surface area contributed by atoms with Gasteiger partial charge in [-0.25, -0.2) is 0 Å². The van der Waals surface area contributed by atoms with Crippen molar-refractivity contribution in [2.75, 3.05) is 5.32 Å². The van der Waals surface area contributed by atoms with E-state index in [0.717, 1.165) is 11.3 Å². The number of nitrogens with two attached hydrogens (primary N) is 1. The fraction of sp³-hybridized carbons (Fsp3) is 0.167. The van der Waals surface area contributed by atoms with E-state index in [1.165, 1.54) is 11.3 Å². The maximum atomic E-state index is 5.83. The van der Waals surface area contributed by atoms with Gasteiger partial charge in [0.2, 0.25) is 0 Å². The van der Waals surface area contributed by atoms with E-state index in [0.29, 0.717) is 4.34 Å². The third-order valence-corrected chi connectivity index (χ3v) is 2.62. The highest BCUT2D eigenvalue weighted by Gasteiger charge is 2.05. The lowest BCUT2D eigenvalue weighted by molar-refractivity contribution is 1.52. The third kappa shape index (κ3) is 2.05. The highest BCUT2D eigenvalue weighted by Crippen LogP contribution is 2.31. The van der Waals surface area contributed by atoms with Crippen LogP contribution in [0.15, 0.2) is 5.38 Å². The highest BCUT2D eigenvalue weighted by atomic mass is 35.5. The quantitative estimate of drug-likeness (QED) is 0.693. The molecule has 0 bridgehead atoms. The summed E-state index contributed by atoms with van der Waals surface area (Å²) in [5.74, 6) is 0. The summed E-state index contributed by atoms with van der Waals surface area (Å²) in [6.45, 7) is 1.95. The summed E-state index contributed by atoms with van der Waals surface area (Å²) in [5.41, 5.74) is 7.17. The number of hydrogen-bond donors (Lipinski definition) is 2. The van der Waals surface area contributed by atoms with E-state index >= 15 is 0 Å². The van der Waals surface area contributed by atoms with E-state index in [1.54, 1.807) is 0 Å². The molecule has 0 saturated carbocycles. The second-order valence-corrected chi connectivity index (χ2v) is 3.98. The van der Waals surface area contributed by atoms with E-state index < -0.39 is 0 Å². The first kappa shape index (κ1) is 8.77. The second-order valence-electron chi connectivity index (χ2n) is 2.06. The third-order valence-electron chi connectivity index (χ3n) is 1.18. The van der Waals surface area contributed by atoms with Crippen LogP contribution in [-0.2, 0) is 0 Å². The number of aryl methyl sites for hydroxylation is 1. The summed E-state index contributed by atoms with van der Waals surface area (Å²) in [5, 5.41) is 5.00. The molecular weight excluding hydrogens is 200 g/mol. The maximum Gasteiger partial charge on any atom is 0.168 e. The lowest BCUT2D eigenvalue weighted by atomic mass is 10.3. The molecule has 0 aromatic carbocycles. The molecule has 11 heavy (non-hydrogen) atoms. The molecule has 1 rings (SSSR count). The molecular formula is C6H7ClN2S2. The molecule has 0 aliphatic rings. The normalized spacial score (nSPS) is 9.64. The van der Waals surface area contributed by atoms with Crippen molar-refractivity contribution in [2.45, 2.75) is 6.92 Å². The summed E-state index contributed by atoms with van der Waals surface area (Å²) in [6, 6.07) is 0.